The zero-order valence-electron chi connectivity index (χ0n) is 17.5. The number of anilines is 1. The SMILES string of the molecule is COC[C@@]12CN(C(=O)c3ccc(NC(=O)c4coc(C)c4)cc3)C[C@@H]1C(C)(C)C2. The molecule has 1 aromatic heterocycles. The summed E-state index contributed by atoms with van der Waals surface area (Å²) < 4.78 is 10.7. The van der Waals surface area contributed by atoms with E-state index >= 15 is 0 Å². The van der Waals surface area contributed by atoms with Gasteiger partial charge in [-0.15, -0.1) is 0 Å². The van der Waals surface area contributed by atoms with Crippen LogP contribution in [-0.2, 0) is 4.74 Å². The lowest BCUT2D eigenvalue weighted by molar-refractivity contribution is -0.107. The van der Waals surface area contributed by atoms with Crippen molar-refractivity contribution in [2.45, 2.75) is 27.2 Å². The van der Waals surface area contributed by atoms with Crippen molar-refractivity contribution in [2.75, 3.05) is 32.1 Å². The van der Waals surface area contributed by atoms with E-state index < -0.39 is 0 Å². The number of amides is 2. The maximum atomic E-state index is 13.1. The van der Waals surface area contributed by atoms with E-state index in [1.54, 1.807) is 44.4 Å². The number of hydrogen-bond acceptors (Lipinski definition) is 4. The molecule has 0 radical (unpaired) electrons. The second-order valence-electron chi connectivity index (χ2n) is 9.18. The minimum absolute atomic E-state index is 0.0361. The van der Waals surface area contributed by atoms with Crippen LogP contribution in [0.15, 0.2) is 41.0 Å². The molecule has 1 saturated heterocycles. The monoisotopic (exact) mass is 396 g/mol. The van der Waals surface area contributed by atoms with Gasteiger partial charge in [-0.3, -0.25) is 9.59 Å². The fourth-order valence-electron chi connectivity index (χ4n) is 5.41. The molecule has 154 valence electrons. The lowest BCUT2D eigenvalue weighted by Crippen LogP contribution is -2.55. The highest BCUT2D eigenvalue weighted by atomic mass is 16.5. The average molecular weight is 396 g/mol. The highest BCUT2D eigenvalue weighted by Gasteiger charge is 2.63. The second-order valence-corrected chi connectivity index (χ2v) is 9.18. The number of nitrogens with zero attached hydrogens (tertiary/aromatic N) is 1. The fraction of sp³-hybridized carbons (Fsp3) is 0.478. The number of fused-ring (bicyclic) bond motifs is 1. The third-order valence-corrected chi connectivity index (χ3v) is 6.50. The van der Waals surface area contributed by atoms with Crippen molar-refractivity contribution in [1.29, 1.82) is 0 Å². The Kier molecular flexibility index (Phi) is 4.77. The summed E-state index contributed by atoms with van der Waals surface area (Å²) in [6.07, 6.45) is 2.52. The number of benzene rings is 1. The minimum atomic E-state index is -0.235. The van der Waals surface area contributed by atoms with Crippen LogP contribution in [0.4, 0.5) is 5.69 Å². The molecular weight excluding hydrogens is 368 g/mol. The van der Waals surface area contributed by atoms with Gasteiger partial charge in [-0.25, -0.2) is 0 Å². The Morgan fingerprint density at radius 2 is 1.97 bits per heavy atom. The summed E-state index contributed by atoms with van der Waals surface area (Å²) in [7, 11) is 1.74. The van der Waals surface area contributed by atoms with Gasteiger partial charge in [0.05, 0.1) is 12.2 Å². The topological polar surface area (TPSA) is 71.8 Å². The van der Waals surface area contributed by atoms with Crippen molar-refractivity contribution >= 4 is 17.5 Å². The van der Waals surface area contributed by atoms with Crippen LogP contribution < -0.4 is 5.32 Å². The fourth-order valence-corrected chi connectivity index (χ4v) is 5.41. The van der Waals surface area contributed by atoms with Crippen molar-refractivity contribution in [3.63, 3.8) is 0 Å². The van der Waals surface area contributed by atoms with Gasteiger partial charge in [0.1, 0.15) is 12.0 Å². The van der Waals surface area contributed by atoms with Crippen molar-refractivity contribution in [2.24, 2.45) is 16.7 Å². The summed E-state index contributed by atoms with van der Waals surface area (Å²) in [6.45, 7) is 8.56. The Balaban J connectivity index is 1.43. The van der Waals surface area contributed by atoms with Crippen LogP contribution in [0.1, 0.15) is 46.7 Å². The summed E-state index contributed by atoms with van der Waals surface area (Å²) in [5.41, 5.74) is 2.08. The van der Waals surface area contributed by atoms with Crippen LogP contribution in [-0.4, -0.2) is 43.5 Å². The van der Waals surface area contributed by atoms with Gasteiger partial charge in [0.15, 0.2) is 0 Å². The number of aryl methyl sites for hydroxylation is 1. The molecular formula is C23H28N2O4. The van der Waals surface area contributed by atoms with E-state index in [1.165, 1.54) is 6.26 Å². The lowest BCUT2D eigenvalue weighted by atomic mass is 9.48. The predicted molar refractivity (Wildman–Crippen MR) is 110 cm³/mol. The van der Waals surface area contributed by atoms with E-state index in [1.807, 2.05) is 4.90 Å². The normalized spacial score (nSPS) is 24.7. The molecule has 1 aromatic carbocycles. The first-order chi connectivity index (χ1) is 13.7. The van der Waals surface area contributed by atoms with E-state index in [2.05, 4.69) is 19.2 Å². The molecule has 2 atom stereocenters. The van der Waals surface area contributed by atoms with E-state index in [-0.39, 0.29) is 22.6 Å². The van der Waals surface area contributed by atoms with E-state index in [0.717, 1.165) is 19.5 Å². The lowest BCUT2D eigenvalue weighted by Gasteiger charge is -2.56. The molecule has 2 heterocycles. The number of carbonyl (C=O) groups excluding carboxylic acids is 2. The smallest absolute Gasteiger partial charge is 0.258 e. The van der Waals surface area contributed by atoms with Crippen LogP contribution in [0.3, 0.4) is 0 Å². The van der Waals surface area contributed by atoms with E-state index in [0.29, 0.717) is 35.1 Å². The Hall–Kier alpha value is -2.60. The number of furan rings is 1. The Bertz CT molecular complexity index is 931. The number of hydrogen-bond donors (Lipinski definition) is 1. The largest absolute Gasteiger partial charge is 0.469 e. The van der Waals surface area contributed by atoms with Crippen LogP contribution in [0, 0.1) is 23.7 Å². The molecule has 2 amide bonds. The van der Waals surface area contributed by atoms with Gasteiger partial charge >= 0.3 is 0 Å². The van der Waals surface area contributed by atoms with Gasteiger partial charge < -0.3 is 19.4 Å². The standard InChI is InChI=1S/C23H28N2O4/c1-15-9-17(11-29-15)20(26)24-18-7-5-16(6-8-18)21(27)25-10-19-22(2,3)12-23(19,13-25)14-28-4/h5-9,11,19H,10,12-14H2,1-4H3,(H,24,26)/t19-,23-/m1/s1. The zero-order chi connectivity index (χ0) is 20.8. The summed E-state index contributed by atoms with van der Waals surface area (Å²) in [5, 5.41) is 2.82. The van der Waals surface area contributed by atoms with Crippen molar-refractivity contribution in [1.82, 2.24) is 4.90 Å². The number of carbonyl (C=O) groups is 2. The molecule has 2 fully saturated rings. The Morgan fingerprint density at radius 1 is 1.24 bits per heavy atom. The number of likely N-dealkylation sites (tertiary alicyclic amines) is 1. The third-order valence-electron chi connectivity index (χ3n) is 6.50. The summed E-state index contributed by atoms with van der Waals surface area (Å²) in [5.74, 6) is 0.954. The number of methoxy groups -OCH3 is 1. The predicted octanol–water partition coefficient (Wildman–Crippen LogP) is 3.98. The highest BCUT2D eigenvalue weighted by molar-refractivity contribution is 6.04. The maximum Gasteiger partial charge on any atom is 0.258 e. The van der Waals surface area contributed by atoms with E-state index in [4.69, 9.17) is 9.15 Å². The quantitative estimate of drug-likeness (QED) is 0.830. The summed E-state index contributed by atoms with van der Waals surface area (Å²) >= 11 is 0. The van der Waals surface area contributed by atoms with Crippen molar-refractivity contribution < 1.29 is 18.7 Å². The molecule has 0 spiro atoms. The van der Waals surface area contributed by atoms with Crippen LogP contribution >= 0.6 is 0 Å². The van der Waals surface area contributed by atoms with Crippen molar-refractivity contribution in [3.05, 3.63) is 53.5 Å². The Morgan fingerprint density at radius 3 is 2.55 bits per heavy atom. The minimum Gasteiger partial charge on any atom is -0.469 e. The van der Waals surface area contributed by atoms with E-state index in [9.17, 15) is 9.59 Å². The van der Waals surface area contributed by atoms with Crippen LogP contribution in [0.5, 0.6) is 0 Å². The Labute approximate surface area is 171 Å². The van der Waals surface area contributed by atoms with Crippen LogP contribution in [0.2, 0.25) is 0 Å². The van der Waals surface area contributed by atoms with Gasteiger partial charge in [-0.1, -0.05) is 13.8 Å². The first-order valence-corrected chi connectivity index (χ1v) is 9.99. The molecule has 0 unspecified atom stereocenters. The molecule has 1 N–H and O–H groups in total. The molecule has 2 aliphatic rings. The molecule has 1 aliphatic heterocycles. The molecule has 4 rings (SSSR count). The van der Waals surface area contributed by atoms with Crippen LogP contribution in [0.25, 0.3) is 0 Å². The first kappa shape index (κ1) is 19.7. The highest BCUT2D eigenvalue weighted by Crippen LogP contribution is 2.62. The average Bonchev–Trinajstić information content (AvgIpc) is 3.24. The zero-order valence-corrected chi connectivity index (χ0v) is 17.5. The van der Waals surface area contributed by atoms with Gasteiger partial charge in [0, 0.05) is 36.9 Å². The molecule has 29 heavy (non-hydrogen) atoms. The third kappa shape index (κ3) is 3.46. The number of nitrogens with one attached hydrogen (secondary N) is 1. The summed E-state index contributed by atoms with van der Waals surface area (Å²) in [6, 6.07) is 8.75. The number of rotatable bonds is 5. The van der Waals surface area contributed by atoms with Gasteiger partial charge in [0.25, 0.3) is 11.8 Å². The maximum absolute atomic E-state index is 13.1. The van der Waals surface area contributed by atoms with Crippen molar-refractivity contribution in [3.8, 4) is 0 Å². The molecule has 6 nitrogen and oxygen atoms in total. The molecule has 1 aliphatic carbocycles. The molecule has 2 aromatic rings. The molecule has 6 heteroatoms. The second kappa shape index (κ2) is 7.02. The van der Waals surface area contributed by atoms with Gasteiger partial charge in [-0.2, -0.15) is 0 Å². The first-order valence-electron chi connectivity index (χ1n) is 9.99. The molecule has 0 bridgehead atoms. The summed E-state index contributed by atoms with van der Waals surface area (Å²) in [4.78, 5) is 27.3. The van der Waals surface area contributed by atoms with Gasteiger partial charge in [-0.05, 0) is 55.0 Å². The molecule has 1 saturated carbocycles. The number of ether oxygens (including phenoxy) is 1. The van der Waals surface area contributed by atoms with Gasteiger partial charge in [0.2, 0.25) is 0 Å².